The van der Waals surface area contributed by atoms with E-state index in [2.05, 4.69) is 4.72 Å². The van der Waals surface area contributed by atoms with Crippen molar-refractivity contribution in [2.24, 2.45) is 0 Å². The van der Waals surface area contributed by atoms with Crippen molar-refractivity contribution in [2.75, 3.05) is 13.2 Å². The quantitative estimate of drug-likeness (QED) is 0.834. The smallest absolute Gasteiger partial charge is 0.254 e. The van der Waals surface area contributed by atoms with Gasteiger partial charge in [0.05, 0.1) is 23.6 Å². The Morgan fingerprint density at radius 3 is 2.57 bits per heavy atom. The summed E-state index contributed by atoms with van der Waals surface area (Å²) in [7, 11) is -3.76. The fourth-order valence-corrected chi connectivity index (χ4v) is 4.54. The predicted molar refractivity (Wildman–Crippen MR) is 108 cm³/mol. The van der Waals surface area contributed by atoms with Crippen LogP contribution < -0.4 is 4.72 Å². The van der Waals surface area contributed by atoms with Crippen molar-refractivity contribution in [1.82, 2.24) is 9.62 Å². The lowest BCUT2D eigenvalue weighted by Crippen LogP contribution is -2.50. The first-order valence-corrected chi connectivity index (χ1v) is 10.9. The number of nitrogens with zero attached hydrogens (tertiary/aromatic N) is 1. The van der Waals surface area contributed by atoms with Crippen LogP contribution in [0.4, 0.5) is 0 Å². The van der Waals surface area contributed by atoms with Crippen LogP contribution in [0.15, 0.2) is 59.5 Å². The van der Waals surface area contributed by atoms with Gasteiger partial charge < -0.3 is 9.64 Å². The molecule has 0 radical (unpaired) electrons. The monoisotopic (exact) mass is 402 g/mol. The van der Waals surface area contributed by atoms with Crippen molar-refractivity contribution in [3.63, 3.8) is 0 Å². The highest BCUT2D eigenvalue weighted by atomic mass is 32.2. The number of ether oxygens (including phenoxy) is 1. The third-order valence-corrected chi connectivity index (χ3v) is 6.43. The van der Waals surface area contributed by atoms with Gasteiger partial charge in [0, 0.05) is 18.2 Å². The zero-order chi connectivity index (χ0) is 20.3. The molecule has 1 heterocycles. The largest absolute Gasteiger partial charge is 0.375 e. The van der Waals surface area contributed by atoms with Crippen molar-refractivity contribution in [3.8, 4) is 0 Å². The second kappa shape index (κ2) is 8.43. The fourth-order valence-electron chi connectivity index (χ4n) is 3.26. The first-order chi connectivity index (χ1) is 13.3. The van der Waals surface area contributed by atoms with E-state index in [1.165, 1.54) is 12.1 Å². The SMILES string of the molecule is CC1CN(C(=O)c2cccc(S(=O)(=O)NC(C)c3ccccc3)c2)C(C)CO1. The summed E-state index contributed by atoms with van der Waals surface area (Å²) in [6.45, 7) is 6.59. The van der Waals surface area contributed by atoms with Gasteiger partial charge in [0.1, 0.15) is 0 Å². The average Bonchev–Trinajstić information content (AvgIpc) is 2.69. The molecule has 2 aromatic rings. The third kappa shape index (κ3) is 4.60. The molecule has 0 aliphatic carbocycles. The molecule has 1 saturated heterocycles. The van der Waals surface area contributed by atoms with E-state index < -0.39 is 10.0 Å². The Balaban J connectivity index is 1.81. The van der Waals surface area contributed by atoms with Crippen molar-refractivity contribution in [3.05, 3.63) is 65.7 Å². The zero-order valence-corrected chi connectivity index (χ0v) is 17.1. The molecule has 3 atom stereocenters. The standard InChI is InChI=1S/C21H26N2O4S/c1-15-14-27-16(2)13-23(15)21(24)19-10-7-11-20(12-19)28(25,26)22-17(3)18-8-5-4-6-9-18/h4-12,15-17,22H,13-14H2,1-3H3. The summed E-state index contributed by atoms with van der Waals surface area (Å²) in [6.07, 6.45) is -0.0412. The Labute approximate surface area is 166 Å². The van der Waals surface area contributed by atoms with Gasteiger partial charge in [-0.2, -0.15) is 0 Å². The molecule has 150 valence electrons. The summed E-state index contributed by atoms with van der Waals surface area (Å²) >= 11 is 0. The molecule has 0 saturated carbocycles. The van der Waals surface area contributed by atoms with E-state index in [-0.39, 0.29) is 29.0 Å². The molecule has 3 rings (SSSR count). The molecule has 1 aliphatic heterocycles. The summed E-state index contributed by atoms with van der Waals surface area (Å²) in [5, 5.41) is 0. The Hall–Kier alpha value is -2.22. The first-order valence-electron chi connectivity index (χ1n) is 9.38. The second-order valence-electron chi connectivity index (χ2n) is 7.23. The minimum Gasteiger partial charge on any atom is -0.375 e. The topological polar surface area (TPSA) is 75.7 Å². The molecule has 7 heteroatoms. The van der Waals surface area contributed by atoms with E-state index in [9.17, 15) is 13.2 Å². The van der Waals surface area contributed by atoms with Gasteiger partial charge in [0.25, 0.3) is 5.91 Å². The maximum atomic E-state index is 12.9. The summed E-state index contributed by atoms with van der Waals surface area (Å²) in [5.74, 6) is -0.184. The molecule has 0 aromatic heterocycles. The van der Waals surface area contributed by atoms with Gasteiger partial charge in [-0.05, 0) is 44.5 Å². The highest BCUT2D eigenvalue weighted by Crippen LogP contribution is 2.20. The minimum absolute atomic E-state index is 0.0412. The van der Waals surface area contributed by atoms with E-state index >= 15 is 0 Å². The lowest BCUT2D eigenvalue weighted by atomic mass is 10.1. The van der Waals surface area contributed by atoms with Crippen LogP contribution in [0.25, 0.3) is 0 Å². The lowest BCUT2D eigenvalue weighted by Gasteiger charge is -2.36. The molecule has 3 unspecified atom stereocenters. The highest BCUT2D eigenvalue weighted by Gasteiger charge is 2.29. The number of benzene rings is 2. The Morgan fingerprint density at radius 2 is 1.86 bits per heavy atom. The van der Waals surface area contributed by atoms with E-state index in [0.717, 1.165) is 5.56 Å². The van der Waals surface area contributed by atoms with Crippen LogP contribution in [-0.4, -0.2) is 44.5 Å². The van der Waals surface area contributed by atoms with Gasteiger partial charge in [-0.1, -0.05) is 36.4 Å². The number of hydrogen-bond acceptors (Lipinski definition) is 4. The molecule has 1 amide bonds. The van der Waals surface area contributed by atoms with Gasteiger partial charge >= 0.3 is 0 Å². The Morgan fingerprint density at radius 1 is 1.14 bits per heavy atom. The van der Waals surface area contributed by atoms with Crippen molar-refractivity contribution in [2.45, 2.75) is 43.9 Å². The molecule has 2 aromatic carbocycles. The second-order valence-corrected chi connectivity index (χ2v) is 8.95. The van der Waals surface area contributed by atoms with Crippen LogP contribution in [-0.2, 0) is 14.8 Å². The summed E-state index contributed by atoms with van der Waals surface area (Å²) in [6, 6.07) is 15.1. The van der Waals surface area contributed by atoms with Crippen molar-refractivity contribution < 1.29 is 17.9 Å². The van der Waals surface area contributed by atoms with Gasteiger partial charge in [-0.15, -0.1) is 0 Å². The van der Waals surface area contributed by atoms with Crippen molar-refractivity contribution >= 4 is 15.9 Å². The number of nitrogens with one attached hydrogen (secondary N) is 1. The number of rotatable bonds is 5. The van der Waals surface area contributed by atoms with Gasteiger partial charge in [-0.3, -0.25) is 4.79 Å². The summed E-state index contributed by atoms with van der Waals surface area (Å²) in [5.41, 5.74) is 1.23. The van der Waals surface area contributed by atoms with E-state index in [4.69, 9.17) is 4.74 Å². The van der Waals surface area contributed by atoms with E-state index in [1.807, 2.05) is 44.2 Å². The number of hydrogen-bond donors (Lipinski definition) is 1. The molecule has 0 spiro atoms. The van der Waals surface area contributed by atoms with Crippen LogP contribution in [0.5, 0.6) is 0 Å². The molecular formula is C21H26N2O4S. The number of sulfonamides is 1. The average molecular weight is 403 g/mol. The summed E-state index contributed by atoms with van der Waals surface area (Å²) < 4.78 is 33.9. The van der Waals surface area contributed by atoms with Crippen molar-refractivity contribution in [1.29, 1.82) is 0 Å². The summed E-state index contributed by atoms with van der Waals surface area (Å²) in [4.78, 5) is 14.7. The number of carbonyl (C=O) groups excluding carboxylic acids is 1. The molecule has 0 bridgehead atoms. The number of morpholine rings is 1. The van der Waals surface area contributed by atoms with E-state index in [1.54, 1.807) is 24.0 Å². The molecule has 28 heavy (non-hydrogen) atoms. The van der Waals surface area contributed by atoms with E-state index in [0.29, 0.717) is 18.7 Å². The third-order valence-electron chi connectivity index (χ3n) is 4.89. The highest BCUT2D eigenvalue weighted by molar-refractivity contribution is 7.89. The van der Waals surface area contributed by atoms with Crippen LogP contribution >= 0.6 is 0 Å². The van der Waals surface area contributed by atoms with Gasteiger partial charge in [0.15, 0.2) is 0 Å². The lowest BCUT2D eigenvalue weighted by molar-refractivity contribution is -0.0387. The fraction of sp³-hybridized carbons (Fsp3) is 0.381. The molecule has 1 aliphatic rings. The Bertz CT molecular complexity index is 930. The van der Waals surface area contributed by atoms with Crippen LogP contribution in [0.1, 0.15) is 42.7 Å². The first kappa shape index (κ1) is 20.5. The zero-order valence-electron chi connectivity index (χ0n) is 16.3. The molecule has 1 fully saturated rings. The Kier molecular flexibility index (Phi) is 6.17. The molecule has 6 nitrogen and oxygen atoms in total. The molecular weight excluding hydrogens is 376 g/mol. The maximum Gasteiger partial charge on any atom is 0.254 e. The van der Waals surface area contributed by atoms with Crippen LogP contribution in [0.2, 0.25) is 0 Å². The van der Waals surface area contributed by atoms with Gasteiger partial charge in [-0.25, -0.2) is 13.1 Å². The maximum absolute atomic E-state index is 12.9. The predicted octanol–water partition coefficient (Wildman–Crippen LogP) is 2.98. The molecule has 1 N–H and O–H groups in total. The number of carbonyl (C=O) groups is 1. The van der Waals surface area contributed by atoms with Gasteiger partial charge in [0.2, 0.25) is 10.0 Å². The minimum atomic E-state index is -3.76. The normalized spacial score (nSPS) is 21.3. The van der Waals surface area contributed by atoms with Crippen LogP contribution in [0.3, 0.4) is 0 Å². The number of amides is 1. The van der Waals surface area contributed by atoms with Crippen LogP contribution in [0, 0.1) is 0 Å².